The van der Waals surface area contributed by atoms with Crippen LogP contribution in [0.4, 0.5) is 5.82 Å². The molecule has 0 spiro atoms. The van der Waals surface area contributed by atoms with E-state index in [2.05, 4.69) is 15.3 Å². The third-order valence-corrected chi connectivity index (χ3v) is 7.36. The largest absolute Gasteiger partial charge is 0.379 e. The Morgan fingerprint density at radius 3 is 2.74 bits per heavy atom. The predicted octanol–water partition coefficient (Wildman–Crippen LogP) is 3.21. The van der Waals surface area contributed by atoms with Crippen molar-refractivity contribution in [1.29, 1.82) is 0 Å². The number of aromatic nitrogens is 2. The van der Waals surface area contributed by atoms with Gasteiger partial charge in [-0.3, -0.25) is 9.59 Å². The Balaban J connectivity index is 1.31. The fourth-order valence-corrected chi connectivity index (χ4v) is 5.78. The molecule has 2 aromatic heterocycles. The van der Waals surface area contributed by atoms with Crippen molar-refractivity contribution in [3.8, 4) is 0 Å². The van der Waals surface area contributed by atoms with E-state index in [9.17, 15) is 9.59 Å². The zero-order valence-electron chi connectivity index (χ0n) is 18.2. The van der Waals surface area contributed by atoms with Gasteiger partial charge in [0.2, 0.25) is 0 Å². The number of aryl methyl sites for hydroxylation is 1. The van der Waals surface area contributed by atoms with Crippen molar-refractivity contribution in [2.24, 2.45) is 11.8 Å². The molecule has 0 unspecified atom stereocenters. The lowest BCUT2D eigenvalue weighted by atomic mass is 9.77. The normalized spacial score (nSPS) is 27.7. The molecule has 1 aliphatic heterocycles. The molecule has 7 nitrogen and oxygen atoms in total. The van der Waals surface area contributed by atoms with Gasteiger partial charge in [0, 0.05) is 44.1 Å². The highest BCUT2D eigenvalue weighted by Gasteiger charge is 2.44. The number of rotatable bonds is 4. The number of Topliss-reactive ketones (excluding diaryl/α,β-unsaturated/α-hetero) is 1. The van der Waals surface area contributed by atoms with Gasteiger partial charge in [-0.1, -0.05) is 6.07 Å². The van der Waals surface area contributed by atoms with Crippen molar-refractivity contribution >= 4 is 17.5 Å². The number of carbonyl (C=O) groups excluding carboxylic acids is 2. The summed E-state index contributed by atoms with van der Waals surface area (Å²) in [5.41, 5.74) is 3.12. The minimum Gasteiger partial charge on any atom is -0.379 e. The van der Waals surface area contributed by atoms with Crippen LogP contribution >= 0.6 is 0 Å². The second kappa shape index (κ2) is 8.11. The topological polar surface area (TPSA) is 87.3 Å². The number of anilines is 1. The highest BCUT2D eigenvalue weighted by Crippen LogP contribution is 2.39. The molecule has 0 aromatic carbocycles. The smallest absolute Gasteiger partial charge is 0.270 e. The third-order valence-electron chi connectivity index (χ3n) is 7.36. The molecular weight excluding hydrogens is 392 g/mol. The van der Waals surface area contributed by atoms with E-state index < -0.39 is 0 Å². The maximum absolute atomic E-state index is 13.4. The second-order valence-electron chi connectivity index (χ2n) is 9.20. The van der Waals surface area contributed by atoms with Crippen LogP contribution < -0.4 is 5.32 Å². The highest BCUT2D eigenvalue weighted by molar-refractivity contribution is 6.04. The monoisotopic (exact) mass is 422 g/mol. The molecule has 5 rings (SSSR count). The summed E-state index contributed by atoms with van der Waals surface area (Å²) in [4.78, 5) is 35.4. The first kappa shape index (κ1) is 20.2. The number of likely N-dealkylation sites (tertiary alicyclic amines) is 1. The first-order valence-corrected chi connectivity index (χ1v) is 11.3. The summed E-state index contributed by atoms with van der Waals surface area (Å²) in [7, 11) is 1.76. The molecule has 4 atom stereocenters. The van der Waals surface area contributed by atoms with Gasteiger partial charge in [-0.2, -0.15) is 0 Å². The average Bonchev–Trinajstić information content (AvgIpc) is 3.35. The molecule has 31 heavy (non-hydrogen) atoms. The van der Waals surface area contributed by atoms with Crippen LogP contribution in [0.3, 0.4) is 0 Å². The lowest BCUT2D eigenvalue weighted by molar-refractivity contribution is 0.0304. The average molecular weight is 423 g/mol. The van der Waals surface area contributed by atoms with E-state index in [0.29, 0.717) is 24.0 Å². The van der Waals surface area contributed by atoms with Crippen molar-refractivity contribution in [1.82, 2.24) is 14.9 Å². The molecule has 3 aliphatic rings. The number of hydrogen-bond acceptors (Lipinski definition) is 5. The van der Waals surface area contributed by atoms with Crippen molar-refractivity contribution in [2.45, 2.75) is 51.2 Å². The third kappa shape index (κ3) is 3.65. The number of fused-ring (bicyclic) bond motifs is 2. The van der Waals surface area contributed by atoms with E-state index in [1.807, 2.05) is 30.0 Å². The van der Waals surface area contributed by atoms with E-state index in [1.165, 1.54) is 0 Å². The van der Waals surface area contributed by atoms with Gasteiger partial charge >= 0.3 is 0 Å². The number of nitrogens with one attached hydrogen (secondary N) is 2. The van der Waals surface area contributed by atoms with Crippen LogP contribution in [0.25, 0.3) is 0 Å². The van der Waals surface area contributed by atoms with Crippen molar-refractivity contribution in [3.63, 3.8) is 0 Å². The number of ketones is 1. The number of methoxy groups -OCH3 is 1. The maximum Gasteiger partial charge on any atom is 0.270 e. The minimum atomic E-state index is 0.0253. The number of nitrogens with zero attached hydrogens (tertiary/aromatic N) is 2. The summed E-state index contributed by atoms with van der Waals surface area (Å²) >= 11 is 0. The first-order valence-electron chi connectivity index (χ1n) is 11.3. The Morgan fingerprint density at radius 1 is 1.23 bits per heavy atom. The SMILES string of the molecule is CO[C@@H]1C[C@H]2CN(C(=O)c3[nH]c4c(c3C)C(=O)CCC4)C[C@H]2C[C@H]1Nc1ccccn1. The van der Waals surface area contributed by atoms with Gasteiger partial charge < -0.3 is 19.9 Å². The van der Waals surface area contributed by atoms with Crippen LogP contribution in [-0.2, 0) is 11.2 Å². The van der Waals surface area contributed by atoms with Gasteiger partial charge in [0.1, 0.15) is 11.5 Å². The van der Waals surface area contributed by atoms with E-state index >= 15 is 0 Å². The Labute approximate surface area is 182 Å². The van der Waals surface area contributed by atoms with Crippen LogP contribution in [0.15, 0.2) is 24.4 Å². The number of hydrogen-bond donors (Lipinski definition) is 2. The van der Waals surface area contributed by atoms with Gasteiger partial charge in [-0.05, 0) is 62.1 Å². The Kier molecular flexibility index (Phi) is 5.30. The summed E-state index contributed by atoms with van der Waals surface area (Å²) in [5, 5.41) is 3.53. The number of ether oxygens (including phenoxy) is 1. The van der Waals surface area contributed by atoms with Crippen LogP contribution in [0.1, 0.15) is 57.8 Å². The molecular formula is C24H30N4O3. The number of carbonyl (C=O) groups is 2. The molecule has 164 valence electrons. The zero-order chi connectivity index (χ0) is 21.5. The Bertz CT molecular complexity index is 986. The first-order chi connectivity index (χ1) is 15.0. The minimum absolute atomic E-state index is 0.0253. The molecule has 1 saturated carbocycles. The molecule has 7 heteroatoms. The Hall–Kier alpha value is -2.67. The van der Waals surface area contributed by atoms with Gasteiger partial charge in [0.15, 0.2) is 5.78 Å². The molecule has 1 amide bonds. The lowest BCUT2D eigenvalue weighted by Crippen LogP contribution is -2.44. The van der Waals surface area contributed by atoms with Crippen molar-refractivity contribution in [2.75, 3.05) is 25.5 Å². The van der Waals surface area contributed by atoms with Gasteiger partial charge in [-0.25, -0.2) is 4.98 Å². The fraction of sp³-hybridized carbons (Fsp3) is 0.542. The molecule has 0 radical (unpaired) electrons. The zero-order valence-corrected chi connectivity index (χ0v) is 18.2. The van der Waals surface area contributed by atoms with Gasteiger partial charge in [0.25, 0.3) is 5.91 Å². The predicted molar refractivity (Wildman–Crippen MR) is 117 cm³/mol. The van der Waals surface area contributed by atoms with Crippen LogP contribution in [0.2, 0.25) is 0 Å². The highest BCUT2D eigenvalue weighted by atomic mass is 16.5. The van der Waals surface area contributed by atoms with E-state index in [0.717, 1.165) is 61.4 Å². The van der Waals surface area contributed by atoms with Gasteiger partial charge in [0.05, 0.1) is 12.1 Å². The molecule has 1 saturated heterocycles. The van der Waals surface area contributed by atoms with Crippen molar-refractivity contribution < 1.29 is 14.3 Å². The maximum atomic E-state index is 13.4. The number of aromatic amines is 1. The van der Waals surface area contributed by atoms with Gasteiger partial charge in [-0.15, -0.1) is 0 Å². The van der Waals surface area contributed by atoms with E-state index in [-0.39, 0.29) is 23.8 Å². The van der Waals surface area contributed by atoms with E-state index in [4.69, 9.17) is 4.74 Å². The molecule has 2 fully saturated rings. The summed E-state index contributed by atoms with van der Waals surface area (Å²) in [6.07, 6.45) is 6.03. The quantitative estimate of drug-likeness (QED) is 0.790. The lowest BCUT2D eigenvalue weighted by Gasteiger charge is -2.37. The van der Waals surface area contributed by atoms with Crippen molar-refractivity contribution in [3.05, 3.63) is 46.9 Å². The molecule has 3 heterocycles. The fourth-order valence-electron chi connectivity index (χ4n) is 5.78. The number of H-pyrrole nitrogens is 1. The summed E-state index contributed by atoms with van der Waals surface area (Å²) < 4.78 is 5.81. The molecule has 2 aromatic rings. The molecule has 0 bridgehead atoms. The van der Waals surface area contributed by atoms with Crippen LogP contribution in [0.5, 0.6) is 0 Å². The Morgan fingerprint density at radius 2 is 2.03 bits per heavy atom. The summed E-state index contributed by atoms with van der Waals surface area (Å²) in [6.45, 7) is 3.40. The number of amides is 1. The summed E-state index contributed by atoms with van der Waals surface area (Å²) in [6, 6.07) is 6.03. The number of pyridine rings is 1. The second-order valence-corrected chi connectivity index (χ2v) is 9.20. The van der Waals surface area contributed by atoms with E-state index in [1.54, 1.807) is 13.3 Å². The van der Waals surface area contributed by atoms with Crippen LogP contribution in [-0.4, -0.2) is 58.9 Å². The standard InChI is InChI=1S/C24H30N4O3/c1-14-22-17(6-5-7-19(22)29)27-23(14)24(30)28-12-15-10-18(20(31-2)11-16(15)13-28)26-21-8-3-4-9-25-21/h3-4,8-9,15-16,18,20,27H,5-7,10-13H2,1-2H3,(H,25,26)/t15-,16+,18-,20-/m1/s1. The molecule has 2 N–H and O–H groups in total. The molecule has 2 aliphatic carbocycles. The summed E-state index contributed by atoms with van der Waals surface area (Å²) in [5.74, 6) is 1.91. The van der Waals surface area contributed by atoms with Crippen LogP contribution in [0, 0.1) is 18.8 Å².